The van der Waals surface area contributed by atoms with Gasteiger partial charge in [0.1, 0.15) is 6.10 Å². The summed E-state index contributed by atoms with van der Waals surface area (Å²) >= 11 is 0. The molecule has 2 aliphatic carbocycles. The van der Waals surface area contributed by atoms with Gasteiger partial charge in [-0.25, -0.2) is 18.0 Å². The van der Waals surface area contributed by atoms with E-state index >= 15 is 8.78 Å². The Hall–Kier alpha value is -2.87. The van der Waals surface area contributed by atoms with E-state index in [-0.39, 0.29) is 47.3 Å². The number of esters is 1. The molecule has 2 saturated carbocycles. The zero-order valence-corrected chi connectivity index (χ0v) is 23.6. The molecule has 8 heteroatoms. The molecule has 0 heterocycles. The summed E-state index contributed by atoms with van der Waals surface area (Å²) in [6.07, 6.45) is 7.41. The second-order valence-corrected chi connectivity index (χ2v) is 11.4. The van der Waals surface area contributed by atoms with Gasteiger partial charge in [-0.1, -0.05) is 31.6 Å². The first-order valence-corrected chi connectivity index (χ1v) is 14.8. The van der Waals surface area contributed by atoms with Crippen LogP contribution in [0.15, 0.2) is 36.9 Å². The second-order valence-electron chi connectivity index (χ2n) is 11.4. The molecule has 2 aromatic rings. The molecule has 0 aromatic heterocycles. The summed E-state index contributed by atoms with van der Waals surface area (Å²) in [6.45, 7) is 5.79. The number of halogens is 4. The molecule has 224 valence electrons. The number of carbonyl (C=O) groups is 1. The Morgan fingerprint density at radius 2 is 1.49 bits per heavy atom. The number of carbonyl (C=O) groups excluding carboxylic acids is 1. The van der Waals surface area contributed by atoms with Crippen LogP contribution in [0.5, 0.6) is 5.75 Å². The van der Waals surface area contributed by atoms with Crippen molar-refractivity contribution in [3.63, 3.8) is 0 Å². The number of benzene rings is 2. The molecule has 41 heavy (non-hydrogen) atoms. The molecular weight excluding hydrogens is 536 g/mol. The van der Waals surface area contributed by atoms with E-state index in [0.29, 0.717) is 44.9 Å². The molecule has 1 unspecified atom stereocenters. The normalized spacial score (nSPS) is 23.6. The van der Waals surface area contributed by atoms with E-state index in [1.54, 1.807) is 6.08 Å². The van der Waals surface area contributed by atoms with Gasteiger partial charge in [0.2, 0.25) is 5.82 Å². The van der Waals surface area contributed by atoms with Crippen LogP contribution in [0.3, 0.4) is 0 Å². The molecule has 0 spiro atoms. The highest BCUT2D eigenvalue weighted by Crippen LogP contribution is 2.40. The van der Waals surface area contributed by atoms with Crippen LogP contribution >= 0.6 is 0 Å². The fraction of sp³-hybridized carbons (Fsp3) is 0.545. The average Bonchev–Trinajstić information content (AvgIpc) is 2.97. The Bertz CT molecular complexity index is 1200. The third-order valence-corrected chi connectivity index (χ3v) is 8.72. The van der Waals surface area contributed by atoms with Gasteiger partial charge in [-0.3, -0.25) is 0 Å². The van der Waals surface area contributed by atoms with Crippen molar-refractivity contribution in [3.05, 3.63) is 76.9 Å². The van der Waals surface area contributed by atoms with Gasteiger partial charge in [0, 0.05) is 0 Å². The van der Waals surface area contributed by atoms with Gasteiger partial charge in [0.05, 0.1) is 18.3 Å². The van der Waals surface area contributed by atoms with E-state index in [1.807, 2.05) is 6.92 Å². The number of ether oxygens (including phenoxy) is 2. The van der Waals surface area contributed by atoms with Gasteiger partial charge in [-0.15, -0.1) is 6.58 Å². The lowest BCUT2D eigenvalue weighted by atomic mass is 9.76. The van der Waals surface area contributed by atoms with Gasteiger partial charge >= 0.3 is 5.97 Å². The zero-order chi connectivity index (χ0) is 29.5. The third kappa shape index (κ3) is 7.32. The van der Waals surface area contributed by atoms with Gasteiger partial charge < -0.3 is 14.6 Å². The minimum absolute atomic E-state index is 0.144. The highest BCUT2D eigenvalue weighted by Gasteiger charge is 2.32. The maximum atomic E-state index is 15.1. The summed E-state index contributed by atoms with van der Waals surface area (Å²) < 4.78 is 70.1. The molecule has 4 nitrogen and oxygen atoms in total. The quantitative estimate of drug-likeness (QED) is 0.126. The minimum atomic E-state index is -1.21. The van der Waals surface area contributed by atoms with Crippen molar-refractivity contribution in [1.82, 2.24) is 0 Å². The van der Waals surface area contributed by atoms with Crippen LogP contribution in [0.25, 0.3) is 0 Å². The predicted molar refractivity (Wildman–Crippen MR) is 149 cm³/mol. The van der Waals surface area contributed by atoms with Crippen molar-refractivity contribution in [1.29, 1.82) is 0 Å². The lowest BCUT2D eigenvalue weighted by Gasteiger charge is -2.32. The maximum absolute atomic E-state index is 15.1. The standard InChI is InChI=1S/C33H40F4O4/c1-3-5-19-40-28-18-17-25(30(35)32(28)37)21-11-13-23(14-12-21)41-33(39)26-16-15-24(29(34)31(26)36)20-7-9-22(10-8-20)27(38)6-4-2/h3,15-18,20-23,27,38H,1,4-14,19H2,2H3. The van der Waals surface area contributed by atoms with Crippen molar-refractivity contribution >= 4 is 5.97 Å². The Labute approximate surface area is 239 Å². The largest absolute Gasteiger partial charge is 0.490 e. The van der Waals surface area contributed by atoms with Crippen molar-refractivity contribution in [2.45, 2.75) is 102 Å². The van der Waals surface area contributed by atoms with E-state index in [9.17, 15) is 18.7 Å². The van der Waals surface area contributed by atoms with Gasteiger partial charge in [0.15, 0.2) is 23.2 Å². The summed E-state index contributed by atoms with van der Waals surface area (Å²) in [5.74, 6) is -5.50. The molecule has 0 bridgehead atoms. The first-order valence-electron chi connectivity index (χ1n) is 14.8. The topological polar surface area (TPSA) is 55.8 Å². The highest BCUT2D eigenvalue weighted by atomic mass is 19.2. The van der Waals surface area contributed by atoms with Crippen LogP contribution in [0.2, 0.25) is 0 Å². The molecule has 2 fully saturated rings. The molecule has 1 N–H and O–H groups in total. The fourth-order valence-electron chi connectivity index (χ4n) is 6.32. The molecular formula is C33H40F4O4. The average molecular weight is 577 g/mol. The molecule has 4 rings (SSSR count). The van der Waals surface area contributed by atoms with E-state index in [0.717, 1.165) is 25.7 Å². The van der Waals surface area contributed by atoms with Crippen molar-refractivity contribution in [2.75, 3.05) is 6.61 Å². The Balaban J connectivity index is 1.32. The highest BCUT2D eigenvalue weighted by molar-refractivity contribution is 5.90. The third-order valence-electron chi connectivity index (χ3n) is 8.72. The summed E-state index contributed by atoms with van der Waals surface area (Å²) in [4.78, 5) is 12.8. The smallest absolute Gasteiger partial charge is 0.341 e. The SMILES string of the molecule is C=CCCOc1ccc(C2CCC(OC(=O)c3ccc(C4CCC(C(O)CCC)CC4)c(F)c3F)CC2)c(F)c1F. The van der Waals surface area contributed by atoms with Crippen LogP contribution in [-0.2, 0) is 4.74 Å². The molecule has 0 saturated heterocycles. The minimum Gasteiger partial charge on any atom is -0.490 e. The van der Waals surface area contributed by atoms with Crippen LogP contribution in [0, 0.1) is 29.2 Å². The Morgan fingerprint density at radius 1 is 0.902 bits per heavy atom. The number of hydrogen-bond acceptors (Lipinski definition) is 4. The van der Waals surface area contributed by atoms with Crippen LogP contribution < -0.4 is 4.74 Å². The number of rotatable bonds is 11. The van der Waals surface area contributed by atoms with E-state index < -0.39 is 40.9 Å². The first-order chi connectivity index (χ1) is 19.7. The van der Waals surface area contributed by atoms with Crippen molar-refractivity contribution < 1.29 is 36.9 Å². The Morgan fingerprint density at radius 3 is 2.10 bits per heavy atom. The maximum Gasteiger partial charge on any atom is 0.341 e. The van der Waals surface area contributed by atoms with Crippen LogP contribution in [-0.4, -0.2) is 29.9 Å². The molecule has 2 aromatic carbocycles. The van der Waals surface area contributed by atoms with Gasteiger partial charge in [0.25, 0.3) is 0 Å². The Kier molecular flexibility index (Phi) is 10.9. The second kappa shape index (κ2) is 14.3. The number of aliphatic hydroxyl groups excluding tert-OH is 1. The van der Waals surface area contributed by atoms with Gasteiger partial charge in [-0.05, 0) is 105 Å². The van der Waals surface area contributed by atoms with Crippen LogP contribution in [0.1, 0.15) is 111 Å². The van der Waals surface area contributed by atoms with Crippen LogP contribution in [0.4, 0.5) is 17.6 Å². The zero-order valence-electron chi connectivity index (χ0n) is 23.6. The van der Waals surface area contributed by atoms with E-state index in [1.165, 1.54) is 24.3 Å². The molecule has 0 amide bonds. The number of aliphatic hydroxyl groups is 1. The predicted octanol–water partition coefficient (Wildman–Crippen LogP) is 8.52. The number of hydrogen-bond donors (Lipinski definition) is 1. The molecule has 0 radical (unpaired) electrons. The molecule has 1 atom stereocenters. The van der Waals surface area contributed by atoms with Gasteiger partial charge in [-0.2, -0.15) is 4.39 Å². The summed E-state index contributed by atoms with van der Waals surface area (Å²) in [6, 6.07) is 5.71. The van der Waals surface area contributed by atoms with E-state index in [4.69, 9.17) is 9.47 Å². The summed E-state index contributed by atoms with van der Waals surface area (Å²) in [7, 11) is 0. The summed E-state index contributed by atoms with van der Waals surface area (Å²) in [5.41, 5.74) is 0.0657. The lowest BCUT2D eigenvalue weighted by molar-refractivity contribution is 0.0188. The first kappa shape index (κ1) is 31.1. The molecule has 2 aliphatic rings. The van der Waals surface area contributed by atoms with E-state index in [2.05, 4.69) is 6.58 Å². The van der Waals surface area contributed by atoms with Crippen molar-refractivity contribution in [2.24, 2.45) is 5.92 Å². The fourth-order valence-corrected chi connectivity index (χ4v) is 6.32. The monoisotopic (exact) mass is 576 g/mol. The summed E-state index contributed by atoms with van der Waals surface area (Å²) in [5, 5.41) is 10.3. The molecule has 0 aliphatic heterocycles. The lowest BCUT2D eigenvalue weighted by Crippen LogP contribution is -2.26. The van der Waals surface area contributed by atoms with Crippen molar-refractivity contribution in [3.8, 4) is 5.75 Å².